The Kier molecular flexibility index (Phi) is 5.16. The third kappa shape index (κ3) is 3.90. The van der Waals surface area contributed by atoms with E-state index in [0.29, 0.717) is 36.8 Å². The van der Waals surface area contributed by atoms with E-state index >= 15 is 0 Å². The second-order valence-corrected chi connectivity index (χ2v) is 6.07. The van der Waals surface area contributed by atoms with Gasteiger partial charge in [0.2, 0.25) is 0 Å². The van der Waals surface area contributed by atoms with Crippen molar-refractivity contribution in [1.29, 1.82) is 0 Å². The van der Waals surface area contributed by atoms with Gasteiger partial charge in [-0.25, -0.2) is 8.78 Å². The summed E-state index contributed by atoms with van der Waals surface area (Å²) in [7, 11) is 0. The van der Waals surface area contributed by atoms with E-state index in [-0.39, 0.29) is 11.6 Å². The molecule has 0 spiro atoms. The Morgan fingerprint density at radius 3 is 2.84 bits per heavy atom. The number of hydrogen-bond donors (Lipinski definition) is 1. The van der Waals surface area contributed by atoms with Crippen molar-refractivity contribution in [3.05, 3.63) is 71.8 Å². The lowest BCUT2D eigenvalue weighted by molar-refractivity contribution is 0.392. The normalized spacial score (nSPS) is 14.0. The zero-order chi connectivity index (χ0) is 17.8. The molecule has 0 aliphatic carbocycles. The van der Waals surface area contributed by atoms with Crippen molar-refractivity contribution in [2.24, 2.45) is 0 Å². The van der Waals surface area contributed by atoms with Crippen LogP contribution in [0.1, 0.15) is 18.1 Å². The molecule has 0 radical (unpaired) electrons. The Morgan fingerprint density at radius 2 is 2.08 bits per heavy atom. The molecule has 25 heavy (non-hydrogen) atoms. The molecule has 2 aromatic rings. The lowest BCUT2D eigenvalue weighted by Crippen LogP contribution is -2.31. The molecule has 0 unspecified atom stereocenters. The van der Waals surface area contributed by atoms with Crippen molar-refractivity contribution in [3.63, 3.8) is 0 Å². The molecule has 6 heteroatoms. The van der Waals surface area contributed by atoms with Crippen molar-refractivity contribution in [1.82, 2.24) is 15.2 Å². The fourth-order valence-corrected chi connectivity index (χ4v) is 2.92. The zero-order valence-corrected chi connectivity index (χ0v) is 14.3. The molecule has 1 aliphatic rings. The summed E-state index contributed by atoms with van der Waals surface area (Å²) in [6.07, 6.45) is 3.67. The van der Waals surface area contributed by atoms with Crippen LogP contribution < -0.4 is 10.2 Å². The van der Waals surface area contributed by atoms with Crippen LogP contribution in [-0.2, 0) is 13.0 Å². The van der Waals surface area contributed by atoms with Gasteiger partial charge in [0.25, 0.3) is 0 Å². The summed E-state index contributed by atoms with van der Waals surface area (Å²) in [6.45, 7) is 8.40. The second kappa shape index (κ2) is 7.51. The van der Waals surface area contributed by atoms with Crippen molar-refractivity contribution in [2.75, 3.05) is 24.7 Å². The molecule has 3 rings (SSSR count). The highest BCUT2D eigenvalue weighted by atomic mass is 19.1. The van der Waals surface area contributed by atoms with Crippen LogP contribution in [0.15, 0.2) is 49.1 Å². The molecule has 1 fully saturated rings. The van der Waals surface area contributed by atoms with Crippen LogP contribution in [0.25, 0.3) is 0 Å². The number of pyridine rings is 1. The second-order valence-electron chi connectivity index (χ2n) is 6.07. The standard InChI is InChI=1S/C19H22F2N4/c1-3-15-4-5-17(20)16(10-15)11-23-14(2)24-8-9-25(13-24)19-6-7-22-12-18(19)21/h4-7,10,12,23H,2-3,8-9,11,13H2,1H3. The Bertz CT molecular complexity index is 763. The summed E-state index contributed by atoms with van der Waals surface area (Å²) in [5.41, 5.74) is 2.26. The first-order valence-electron chi connectivity index (χ1n) is 8.38. The molecular weight excluding hydrogens is 322 g/mol. The molecule has 1 N–H and O–H groups in total. The van der Waals surface area contributed by atoms with Crippen LogP contribution >= 0.6 is 0 Å². The topological polar surface area (TPSA) is 31.4 Å². The van der Waals surface area contributed by atoms with Crippen LogP contribution in [0.4, 0.5) is 14.5 Å². The third-order valence-electron chi connectivity index (χ3n) is 4.46. The zero-order valence-electron chi connectivity index (χ0n) is 14.3. The molecule has 0 amide bonds. The number of nitrogens with one attached hydrogen (secondary N) is 1. The number of hydrogen-bond acceptors (Lipinski definition) is 4. The predicted molar refractivity (Wildman–Crippen MR) is 94.9 cm³/mol. The summed E-state index contributed by atoms with van der Waals surface area (Å²) in [4.78, 5) is 7.72. The predicted octanol–water partition coefficient (Wildman–Crippen LogP) is 3.26. The quantitative estimate of drug-likeness (QED) is 0.872. The van der Waals surface area contributed by atoms with Gasteiger partial charge in [-0.2, -0.15) is 0 Å². The highest BCUT2D eigenvalue weighted by Gasteiger charge is 2.23. The Morgan fingerprint density at radius 1 is 1.24 bits per heavy atom. The van der Waals surface area contributed by atoms with Crippen molar-refractivity contribution < 1.29 is 8.78 Å². The van der Waals surface area contributed by atoms with Crippen LogP contribution in [0, 0.1) is 11.6 Å². The number of rotatable bonds is 6. The number of halogens is 2. The molecule has 1 saturated heterocycles. The van der Waals surface area contributed by atoms with E-state index in [1.807, 2.05) is 22.8 Å². The minimum Gasteiger partial charge on any atom is -0.368 e. The fourth-order valence-electron chi connectivity index (χ4n) is 2.92. The van der Waals surface area contributed by atoms with Crippen molar-refractivity contribution >= 4 is 5.69 Å². The Labute approximate surface area is 146 Å². The van der Waals surface area contributed by atoms with Gasteiger partial charge in [0, 0.05) is 31.4 Å². The van der Waals surface area contributed by atoms with Gasteiger partial charge in [0.15, 0.2) is 5.82 Å². The van der Waals surface area contributed by atoms with Gasteiger partial charge >= 0.3 is 0 Å². The van der Waals surface area contributed by atoms with Gasteiger partial charge in [0.1, 0.15) is 5.82 Å². The highest BCUT2D eigenvalue weighted by Crippen LogP contribution is 2.22. The summed E-state index contributed by atoms with van der Waals surface area (Å²) in [5.74, 6) is 0.152. The van der Waals surface area contributed by atoms with Crippen molar-refractivity contribution in [2.45, 2.75) is 19.9 Å². The van der Waals surface area contributed by atoms with E-state index in [2.05, 4.69) is 16.9 Å². The third-order valence-corrected chi connectivity index (χ3v) is 4.46. The van der Waals surface area contributed by atoms with Crippen LogP contribution in [0.2, 0.25) is 0 Å². The summed E-state index contributed by atoms with van der Waals surface area (Å²) in [5, 5.41) is 3.18. The first kappa shape index (κ1) is 17.2. The molecule has 4 nitrogen and oxygen atoms in total. The maximum atomic E-state index is 13.9. The molecule has 0 atom stereocenters. The summed E-state index contributed by atoms with van der Waals surface area (Å²) in [6, 6.07) is 6.84. The summed E-state index contributed by atoms with van der Waals surface area (Å²) >= 11 is 0. The van der Waals surface area contributed by atoms with Crippen molar-refractivity contribution in [3.8, 4) is 0 Å². The van der Waals surface area contributed by atoms with E-state index in [1.165, 1.54) is 12.3 Å². The smallest absolute Gasteiger partial charge is 0.164 e. The first-order chi connectivity index (χ1) is 12.1. The Hall–Kier alpha value is -2.63. The maximum absolute atomic E-state index is 13.9. The van der Waals surface area contributed by atoms with Crippen LogP contribution in [0.3, 0.4) is 0 Å². The number of benzene rings is 1. The van der Waals surface area contributed by atoms with E-state index in [1.54, 1.807) is 18.3 Å². The van der Waals surface area contributed by atoms with Gasteiger partial charge in [-0.05, 0) is 24.1 Å². The molecular formula is C19H22F2N4. The maximum Gasteiger partial charge on any atom is 0.164 e. The molecule has 1 aromatic heterocycles. The average Bonchev–Trinajstić information content (AvgIpc) is 3.11. The van der Waals surface area contributed by atoms with Gasteiger partial charge in [0.05, 0.1) is 24.4 Å². The molecule has 132 valence electrons. The van der Waals surface area contributed by atoms with Gasteiger partial charge < -0.3 is 15.1 Å². The van der Waals surface area contributed by atoms with E-state index in [4.69, 9.17) is 0 Å². The number of aromatic nitrogens is 1. The molecule has 0 saturated carbocycles. The number of nitrogens with zero attached hydrogens (tertiary/aromatic N) is 3. The molecule has 1 aromatic carbocycles. The lowest BCUT2D eigenvalue weighted by atomic mass is 10.1. The molecule has 0 bridgehead atoms. The van der Waals surface area contributed by atoms with Gasteiger partial charge in [-0.15, -0.1) is 0 Å². The molecule has 1 aliphatic heterocycles. The Balaban J connectivity index is 1.59. The summed E-state index contributed by atoms with van der Waals surface area (Å²) < 4.78 is 27.8. The lowest BCUT2D eigenvalue weighted by Gasteiger charge is -2.24. The number of anilines is 1. The average molecular weight is 344 g/mol. The minimum atomic E-state index is -0.332. The van der Waals surface area contributed by atoms with Crippen LogP contribution in [-0.4, -0.2) is 29.6 Å². The van der Waals surface area contributed by atoms with Crippen LogP contribution in [0.5, 0.6) is 0 Å². The first-order valence-corrected chi connectivity index (χ1v) is 8.38. The number of aryl methyl sites for hydroxylation is 1. The highest BCUT2D eigenvalue weighted by molar-refractivity contribution is 5.47. The van der Waals surface area contributed by atoms with Gasteiger partial charge in [-0.1, -0.05) is 25.6 Å². The SMILES string of the molecule is C=C(NCc1cc(CC)ccc1F)N1CCN(c2ccncc2F)C1. The van der Waals surface area contributed by atoms with Gasteiger partial charge in [-0.3, -0.25) is 4.98 Å². The van der Waals surface area contributed by atoms with E-state index < -0.39 is 0 Å². The monoisotopic (exact) mass is 344 g/mol. The molecule has 2 heterocycles. The minimum absolute atomic E-state index is 0.223. The fraction of sp³-hybridized carbons (Fsp3) is 0.316. The van der Waals surface area contributed by atoms with E-state index in [9.17, 15) is 8.78 Å². The largest absolute Gasteiger partial charge is 0.368 e. The van der Waals surface area contributed by atoms with E-state index in [0.717, 1.165) is 18.5 Å².